The first-order valence-corrected chi connectivity index (χ1v) is 5.43. The smallest absolute Gasteiger partial charge is 0.326 e. The van der Waals surface area contributed by atoms with Gasteiger partial charge in [-0.05, 0) is 18.2 Å². The lowest BCUT2D eigenvalue weighted by molar-refractivity contribution is -0.139. The number of aliphatic hydroxyl groups excluding tert-OH is 1. The van der Waals surface area contributed by atoms with Crippen LogP contribution in [0.1, 0.15) is 16.8 Å². The summed E-state index contributed by atoms with van der Waals surface area (Å²) >= 11 is 5.53. The summed E-state index contributed by atoms with van der Waals surface area (Å²) in [4.78, 5) is 22.4. The van der Waals surface area contributed by atoms with Crippen LogP contribution in [0.4, 0.5) is 4.39 Å². The van der Waals surface area contributed by atoms with Gasteiger partial charge in [-0.3, -0.25) is 4.79 Å². The van der Waals surface area contributed by atoms with Gasteiger partial charge in [0, 0.05) is 18.1 Å². The second-order valence-corrected chi connectivity index (χ2v) is 3.94. The highest BCUT2D eigenvalue weighted by atomic mass is 35.5. The average molecular weight is 276 g/mol. The summed E-state index contributed by atoms with van der Waals surface area (Å²) in [7, 11) is 0. The highest BCUT2D eigenvalue weighted by molar-refractivity contribution is 6.30. The van der Waals surface area contributed by atoms with Gasteiger partial charge in [-0.15, -0.1) is 0 Å². The molecular formula is C11H11ClFNO4. The predicted molar refractivity (Wildman–Crippen MR) is 62.0 cm³/mol. The third-order valence-corrected chi connectivity index (χ3v) is 2.43. The zero-order chi connectivity index (χ0) is 13.7. The lowest BCUT2D eigenvalue weighted by atomic mass is 10.1. The van der Waals surface area contributed by atoms with Crippen LogP contribution in [0, 0.1) is 5.82 Å². The second kappa shape index (κ2) is 6.32. The van der Waals surface area contributed by atoms with Crippen molar-refractivity contribution in [2.24, 2.45) is 0 Å². The van der Waals surface area contributed by atoms with E-state index in [1.54, 1.807) is 0 Å². The first-order chi connectivity index (χ1) is 8.45. The Morgan fingerprint density at radius 2 is 2.11 bits per heavy atom. The van der Waals surface area contributed by atoms with Crippen LogP contribution in [0.5, 0.6) is 0 Å². The Morgan fingerprint density at radius 1 is 1.44 bits per heavy atom. The summed E-state index contributed by atoms with van der Waals surface area (Å²) in [5.41, 5.74) is -0.302. The number of aliphatic carboxylic acids is 1. The summed E-state index contributed by atoms with van der Waals surface area (Å²) < 4.78 is 13.4. The summed E-state index contributed by atoms with van der Waals surface area (Å²) in [6.07, 6.45) is -0.156. The molecule has 1 rings (SSSR count). The quantitative estimate of drug-likeness (QED) is 0.749. The van der Waals surface area contributed by atoms with Gasteiger partial charge >= 0.3 is 5.97 Å². The summed E-state index contributed by atoms with van der Waals surface area (Å²) in [6.45, 7) is -0.402. The topological polar surface area (TPSA) is 86.6 Å². The number of hydrogen-bond acceptors (Lipinski definition) is 3. The van der Waals surface area contributed by atoms with Crippen LogP contribution < -0.4 is 5.32 Å². The van der Waals surface area contributed by atoms with Crippen LogP contribution in [-0.2, 0) is 4.79 Å². The number of nitrogens with one attached hydrogen (secondary N) is 1. The molecule has 5 nitrogen and oxygen atoms in total. The Balaban J connectivity index is 2.83. The van der Waals surface area contributed by atoms with E-state index in [0.717, 1.165) is 12.1 Å². The average Bonchev–Trinajstić information content (AvgIpc) is 2.27. The van der Waals surface area contributed by atoms with Crippen LogP contribution >= 0.6 is 11.6 Å². The standard InChI is InChI=1S/C11H11ClFNO4/c12-6-1-2-7(8(13)5-6)10(16)14-9(3-4-15)11(17)18/h1-2,5,9,15H,3-4H2,(H,14,16)(H,17,18)/t9-/m1/s1. The van der Waals surface area contributed by atoms with Crippen LogP contribution in [-0.4, -0.2) is 34.7 Å². The molecule has 1 atom stereocenters. The number of carbonyl (C=O) groups is 2. The Hall–Kier alpha value is -1.66. The van der Waals surface area contributed by atoms with Crippen LogP contribution in [0.15, 0.2) is 18.2 Å². The molecule has 7 heteroatoms. The summed E-state index contributed by atoms with van der Waals surface area (Å²) in [5.74, 6) is -3.01. The number of aliphatic hydroxyl groups is 1. The van der Waals surface area contributed by atoms with Gasteiger partial charge in [0.2, 0.25) is 0 Å². The van der Waals surface area contributed by atoms with Gasteiger partial charge in [0.25, 0.3) is 5.91 Å². The van der Waals surface area contributed by atoms with E-state index < -0.39 is 30.3 Å². The van der Waals surface area contributed by atoms with Crippen molar-refractivity contribution in [3.63, 3.8) is 0 Å². The zero-order valence-electron chi connectivity index (χ0n) is 9.19. The third-order valence-electron chi connectivity index (χ3n) is 2.20. The molecule has 0 radical (unpaired) electrons. The minimum absolute atomic E-state index is 0.134. The van der Waals surface area contributed by atoms with E-state index in [2.05, 4.69) is 5.32 Å². The van der Waals surface area contributed by atoms with Crippen LogP contribution in [0.2, 0.25) is 5.02 Å². The lowest BCUT2D eigenvalue weighted by Crippen LogP contribution is -2.41. The lowest BCUT2D eigenvalue weighted by Gasteiger charge is -2.13. The van der Waals surface area contributed by atoms with Gasteiger partial charge in [0.05, 0.1) is 5.56 Å². The van der Waals surface area contributed by atoms with Crippen molar-refractivity contribution in [3.8, 4) is 0 Å². The van der Waals surface area contributed by atoms with E-state index in [0.29, 0.717) is 0 Å². The maximum absolute atomic E-state index is 13.4. The number of carbonyl (C=O) groups excluding carboxylic acids is 1. The van der Waals surface area contributed by atoms with Crippen LogP contribution in [0.3, 0.4) is 0 Å². The Labute approximate surface area is 107 Å². The van der Waals surface area contributed by atoms with E-state index in [1.165, 1.54) is 6.07 Å². The van der Waals surface area contributed by atoms with Crippen molar-refractivity contribution in [3.05, 3.63) is 34.6 Å². The van der Waals surface area contributed by atoms with Gasteiger partial charge in [-0.2, -0.15) is 0 Å². The number of benzene rings is 1. The van der Waals surface area contributed by atoms with Crippen molar-refractivity contribution >= 4 is 23.5 Å². The molecule has 0 aliphatic rings. The molecule has 0 aliphatic heterocycles. The SMILES string of the molecule is O=C(N[C@H](CCO)C(=O)O)c1ccc(Cl)cc1F. The normalized spacial score (nSPS) is 11.9. The first-order valence-electron chi connectivity index (χ1n) is 5.05. The van der Waals surface area contributed by atoms with Crippen molar-refractivity contribution in [1.82, 2.24) is 5.32 Å². The molecule has 0 saturated heterocycles. The minimum atomic E-state index is -1.30. The molecule has 0 heterocycles. The highest BCUT2D eigenvalue weighted by Crippen LogP contribution is 2.14. The van der Waals surface area contributed by atoms with E-state index >= 15 is 0 Å². The fraction of sp³-hybridized carbons (Fsp3) is 0.273. The predicted octanol–water partition coefficient (Wildman–Crippen LogP) is 1.04. The number of amides is 1. The highest BCUT2D eigenvalue weighted by Gasteiger charge is 2.21. The molecule has 0 bridgehead atoms. The van der Waals surface area contributed by atoms with E-state index in [1.807, 2.05) is 0 Å². The molecule has 0 unspecified atom stereocenters. The second-order valence-electron chi connectivity index (χ2n) is 3.50. The molecule has 1 aromatic rings. The number of hydrogen-bond donors (Lipinski definition) is 3. The zero-order valence-corrected chi connectivity index (χ0v) is 9.95. The largest absolute Gasteiger partial charge is 0.480 e. The van der Waals surface area contributed by atoms with Crippen molar-refractivity contribution in [2.75, 3.05) is 6.61 Å². The van der Waals surface area contributed by atoms with Crippen molar-refractivity contribution in [2.45, 2.75) is 12.5 Å². The summed E-state index contributed by atoms with van der Waals surface area (Å²) in [6, 6.07) is 2.17. The Bertz CT molecular complexity index is 466. The fourth-order valence-corrected chi connectivity index (χ4v) is 1.45. The molecule has 18 heavy (non-hydrogen) atoms. The fourth-order valence-electron chi connectivity index (χ4n) is 1.30. The number of rotatable bonds is 5. The minimum Gasteiger partial charge on any atom is -0.480 e. The molecule has 1 amide bonds. The van der Waals surface area contributed by atoms with Gasteiger partial charge < -0.3 is 15.5 Å². The molecule has 0 fully saturated rings. The molecule has 0 spiro atoms. The van der Waals surface area contributed by atoms with Gasteiger partial charge in [0.15, 0.2) is 0 Å². The number of carboxylic acid groups (broad SMARTS) is 1. The monoisotopic (exact) mass is 275 g/mol. The summed E-state index contributed by atoms with van der Waals surface area (Å²) in [5, 5.41) is 19.7. The molecule has 3 N–H and O–H groups in total. The van der Waals surface area contributed by atoms with Gasteiger partial charge in [-0.1, -0.05) is 11.6 Å². The number of carboxylic acids is 1. The maximum Gasteiger partial charge on any atom is 0.326 e. The molecule has 0 aromatic heterocycles. The van der Waals surface area contributed by atoms with Gasteiger partial charge in [-0.25, -0.2) is 9.18 Å². The third kappa shape index (κ3) is 3.68. The van der Waals surface area contributed by atoms with E-state index in [-0.39, 0.29) is 17.0 Å². The Kier molecular flexibility index (Phi) is 5.06. The van der Waals surface area contributed by atoms with E-state index in [4.69, 9.17) is 21.8 Å². The molecule has 1 aromatic carbocycles. The van der Waals surface area contributed by atoms with E-state index in [9.17, 15) is 14.0 Å². The number of halogens is 2. The maximum atomic E-state index is 13.4. The van der Waals surface area contributed by atoms with Gasteiger partial charge in [0.1, 0.15) is 11.9 Å². The molecule has 0 saturated carbocycles. The van der Waals surface area contributed by atoms with Crippen LogP contribution in [0.25, 0.3) is 0 Å². The van der Waals surface area contributed by atoms with Crippen molar-refractivity contribution < 1.29 is 24.2 Å². The van der Waals surface area contributed by atoms with Crippen molar-refractivity contribution in [1.29, 1.82) is 0 Å². The first kappa shape index (κ1) is 14.4. The molecule has 98 valence electrons. The molecule has 0 aliphatic carbocycles. The molecular weight excluding hydrogens is 265 g/mol. The Morgan fingerprint density at radius 3 is 2.61 bits per heavy atom.